The SMILES string of the molecule is CCCNC1CCC(NS(=O)(=O)c2ccccc2)CC1. The fraction of sp³-hybridized carbons (Fsp3) is 0.600. The predicted molar refractivity (Wildman–Crippen MR) is 81.1 cm³/mol. The van der Waals surface area contributed by atoms with E-state index in [1.54, 1.807) is 24.3 Å². The smallest absolute Gasteiger partial charge is 0.240 e. The highest BCUT2D eigenvalue weighted by atomic mass is 32.2. The first kappa shape index (κ1) is 15.5. The Balaban J connectivity index is 1.86. The van der Waals surface area contributed by atoms with Crippen LogP contribution >= 0.6 is 0 Å². The summed E-state index contributed by atoms with van der Waals surface area (Å²) >= 11 is 0. The average molecular weight is 296 g/mol. The number of sulfonamides is 1. The number of benzene rings is 1. The van der Waals surface area contributed by atoms with Crippen molar-refractivity contribution in [3.05, 3.63) is 30.3 Å². The molecule has 0 saturated heterocycles. The minimum absolute atomic E-state index is 0.0693. The molecule has 1 aromatic rings. The summed E-state index contributed by atoms with van der Waals surface area (Å²) in [6.45, 7) is 3.21. The van der Waals surface area contributed by atoms with Crippen molar-refractivity contribution in [2.24, 2.45) is 0 Å². The van der Waals surface area contributed by atoms with Gasteiger partial charge in [0.25, 0.3) is 0 Å². The average Bonchev–Trinajstić information content (AvgIpc) is 2.47. The van der Waals surface area contributed by atoms with Gasteiger partial charge in [-0.3, -0.25) is 0 Å². The molecule has 0 unspecified atom stereocenters. The van der Waals surface area contributed by atoms with Crippen LogP contribution in [0.15, 0.2) is 35.2 Å². The van der Waals surface area contributed by atoms with E-state index in [9.17, 15) is 8.42 Å². The Morgan fingerprint density at radius 2 is 1.65 bits per heavy atom. The van der Waals surface area contributed by atoms with Gasteiger partial charge in [0.1, 0.15) is 0 Å². The number of nitrogens with one attached hydrogen (secondary N) is 2. The maximum absolute atomic E-state index is 12.2. The molecule has 0 aromatic heterocycles. The van der Waals surface area contributed by atoms with Crippen LogP contribution in [0.2, 0.25) is 0 Å². The Morgan fingerprint density at radius 3 is 2.25 bits per heavy atom. The van der Waals surface area contributed by atoms with Crippen LogP contribution in [0.25, 0.3) is 0 Å². The highest BCUT2D eigenvalue weighted by molar-refractivity contribution is 7.89. The zero-order chi connectivity index (χ0) is 14.4. The van der Waals surface area contributed by atoms with Gasteiger partial charge < -0.3 is 5.32 Å². The third-order valence-corrected chi connectivity index (χ3v) is 5.32. The molecule has 20 heavy (non-hydrogen) atoms. The minimum atomic E-state index is -3.36. The van der Waals surface area contributed by atoms with Crippen molar-refractivity contribution in [1.29, 1.82) is 0 Å². The summed E-state index contributed by atoms with van der Waals surface area (Å²) in [5, 5.41) is 3.51. The van der Waals surface area contributed by atoms with E-state index in [4.69, 9.17) is 0 Å². The van der Waals surface area contributed by atoms with Crippen molar-refractivity contribution in [1.82, 2.24) is 10.0 Å². The molecule has 1 fully saturated rings. The lowest BCUT2D eigenvalue weighted by Gasteiger charge is -2.29. The van der Waals surface area contributed by atoms with Crippen LogP contribution in [0, 0.1) is 0 Å². The van der Waals surface area contributed by atoms with E-state index in [0.29, 0.717) is 10.9 Å². The summed E-state index contributed by atoms with van der Waals surface area (Å²) in [7, 11) is -3.36. The van der Waals surface area contributed by atoms with Crippen LogP contribution in [0.4, 0.5) is 0 Å². The first-order chi connectivity index (χ1) is 9.62. The molecule has 1 aromatic carbocycles. The lowest BCUT2D eigenvalue weighted by atomic mass is 9.92. The molecule has 0 spiro atoms. The monoisotopic (exact) mass is 296 g/mol. The molecule has 4 nitrogen and oxygen atoms in total. The fourth-order valence-corrected chi connectivity index (χ4v) is 3.98. The lowest BCUT2D eigenvalue weighted by Crippen LogP contribution is -2.42. The van der Waals surface area contributed by atoms with Gasteiger partial charge in [0, 0.05) is 12.1 Å². The van der Waals surface area contributed by atoms with E-state index in [-0.39, 0.29) is 6.04 Å². The van der Waals surface area contributed by atoms with Gasteiger partial charge in [-0.2, -0.15) is 0 Å². The molecule has 0 atom stereocenters. The van der Waals surface area contributed by atoms with Crippen molar-refractivity contribution in [3.63, 3.8) is 0 Å². The second kappa shape index (κ2) is 7.20. The van der Waals surface area contributed by atoms with Gasteiger partial charge in [0.15, 0.2) is 0 Å². The first-order valence-corrected chi connectivity index (χ1v) is 8.91. The Morgan fingerprint density at radius 1 is 1.05 bits per heavy atom. The summed E-state index contributed by atoms with van der Waals surface area (Å²) < 4.78 is 27.3. The predicted octanol–water partition coefficient (Wildman–Crippen LogP) is 2.28. The molecular weight excluding hydrogens is 272 g/mol. The summed E-state index contributed by atoms with van der Waals surface area (Å²) in [5.74, 6) is 0. The normalized spacial score (nSPS) is 23.6. The minimum Gasteiger partial charge on any atom is -0.314 e. The van der Waals surface area contributed by atoms with Crippen molar-refractivity contribution in [2.45, 2.75) is 56.0 Å². The molecule has 2 N–H and O–H groups in total. The fourth-order valence-electron chi connectivity index (χ4n) is 2.65. The Labute approximate surface area is 122 Å². The highest BCUT2D eigenvalue weighted by Gasteiger charge is 2.25. The molecule has 5 heteroatoms. The number of hydrogen-bond donors (Lipinski definition) is 2. The lowest BCUT2D eigenvalue weighted by molar-refractivity contribution is 0.330. The van der Waals surface area contributed by atoms with Crippen molar-refractivity contribution < 1.29 is 8.42 Å². The van der Waals surface area contributed by atoms with Gasteiger partial charge in [0.05, 0.1) is 4.90 Å². The molecule has 0 heterocycles. The van der Waals surface area contributed by atoms with Crippen molar-refractivity contribution in [3.8, 4) is 0 Å². The highest BCUT2D eigenvalue weighted by Crippen LogP contribution is 2.20. The molecule has 0 amide bonds. The standard InChI is InChI=1S/C15H24N2O2S/c1-2-12-16-13-8-10-14(11-9-13)17-20(18,19)15-6-4-3-5-7-15/h3-7,13-14,16-17H,2,8-12H2,1H3. The molecule has 112 valence electrons. The van der Waals surface area contributed by atoms with Gasteiger partial charge in [-0.1, -0.05) is 25.1 Å². The summed E-state index contributed by atoms with van der Waals surface area (Å²) in [4.78, 5) is 0.353. The molecule has 1 aliphatic rings. The maximum Gasteiger partial charge on any atom is 0.240 e. The summed E-state index contributed by atoms with van der Waals surface area (Å²) in [6.07, 6.45) is 5.05. The van der Waals surface area contributed by atoms with Crippen LogP contribution in [0.3, 0.4) is 0 Å². The molecule has 0 aliphatic heterocycles. The Kier molecular flexibility index (Phi) is 5.57. The van der Waals surface area contributed by atoms with Crippen molar-refractivity contribution in [2.75, 3.05) is 6.54 Å². The summed E-state index contributed by atoms with van der Waals surface area (Å²) in [5.41, 5.74) is 0. The van der Waals surface area contributed by atoms with E-state index >= 15 is 0 Å². The van der Waals surface area contributed by atoms with Crippen LogP contribution in [0.1, 0.15) is 39.0 Å². The molecule has 1 saturated carbocycles. The van der Waals surface area contributed by atoms with Gasteiger partial charge in [-0.25, -0.2) is 13.1 Å². The largest absolute Gasteiger partial charge is 0.314 e. The second-order valence-corrected chi connectivity index (χ2v) is 7.15. The zero-order valence-corrected chi connectivity index (χ0v) is 12.8. The second-order valence-electron chi connectivity index (χ2n) is 5.44. The van der Waals surface area contributed by atoms with Crippen LogP contribution in [-0.2, 0) is 10.0 Å². The van der Waals surface area contributed by atoms with E-state index in [0.717, 1.165) is 38.6 Å². The summed E-state index contributed by atoms with van der Waals surface area (Å²) in [6, 6.07) is 9.21. The van der Waals surface area contributed by atoms with E-state index in [1.807, 2.05) is 6.07 Å². The topological polar surface area (TPSA) is 58.2 Å². The Bertz CT molecular complexity index is 494. The first-order valence-electron chi connectivity index (χ1n) is 7.42. The molecule has 0 radical (unpaired) electrons. The third-order valence-electron chi connectivity index (χ3n) is 3.79. The number of hydrogen-bond acceptors (Lipinski definition) is 3. The van der Waals surface area contributed by atoms with E-state index in [1.165, 1.54) is 0 Å². The van der Waals surface area contributed by atoms with Gasteiger partial charge in [0.2, 0.25) is 10.0 Å². The molecule has 1 aliphatic carbocycles. The quantitative estimate of drug-likeness (QED) is 0.846. The van der Waals surface area contributed by atoms with Crippen LogP contribution in [-0.4, -0.2) is 27.0 Å². The molecule has 2 rings (SSSR count). The maximum atomic E-state index is 12.2. The van der Waals surface area contributed by atoms with E-state index < -0.39 is 10.0 Å². The number of rotatable bonds is 6. The molecule has 0 bridgehead atoms. The Hall–Kier alpha value is -0.910. The third kappa shape index (κ3) is 4.30. The van der Waals surface area contributed by atoms with Crippen LogP contribution in [0.5, 0.6) is 0 Å². The van der Waals surface area contributed by atoms with E-state index in [2.05, 4.69) is 17.0 Å². The van der Waals surface area contributed by atoms with Gasteiger partial charge in [-0.15, -0.1) is 0 Å². The van der Waals surface area contributed by atoms with Crippen LogP contribution < -0.4 is 10.0 Å². The van der Waals surface area contributed by atoms with Gasteiger partial charge >= 0.3 is 0 Å². The van der Waals surface area contributed by atoms with Crippen molar-refractivity contribution >= 4 is 10.0 Å². The van der Waals surface area contributed by atoms with Gasteiger partial charge in [-0.05, 0) is 50.8 Å². The zero-order valence-electron chi connectivity index (χ0n) is 12.0. The molecular formula is C15H24N2O2S.